The Morgan fingerprint density at radius 2 is 2.27 bits per heavy atom. The van der Waals surface area contributed by atoms with E-state index >= 15 is 0 Å². The molecule has 2 rings (SSSR count). The highest BCUT2D eigenvalue weighted by atomic mass is 16.5. The van der Waals surface area contributed by atoms with E-state index in [1.165, 1.54) is 11.1 Å². The van der Waals surface area contributed by atoms with E-state index in [2.05, 4.69) is 26.0 Å². The Kier molecular flexibility index (Phi) is 3.21. The summed E-state index contributed by atoms with van der Waals surface area (Å²) in [4.78, 5) is 1.47. The third kappa shape index (κ3) is 2.12. The van der Waals surface area contributed by atoms with Gasteiger partial charge in [-0.05, 0) is 5.21 Å². The quantitative estimate of drug-likeness (QED) is 0.620. The molecular weight excluding hydrogens is 200 g/mol. The monoisotopic (exact) mass is 214 g/mol. The van der Waals surface area contributed by atoms with Gasteiger partial charge in [0.2, 0.25) is 0 Å². The van der Waals surface area contributed by atoms with Gasteiger partial charge in [0.15, 0.2) is 12.5 Å². The van der Waals surface area contributed by atoms with Gasteiger partial charge in [0.1, 0.15) is 12.5 Å². The molecule has 1 fully saturated rings. The fourth-order valence-corrected chi connectivity index (χ4v) is 1.52. The lowest BCUT2D eigenvalue weighted by Gasteiger charge is -2.35. The van der Waals surface area contributed by atoms with Gasteiger partial charge in [-0.3, -0.25) is 10.6 Å². The van der Waals surface area contributed by atoms with Crippen molar-refractivity contribution >= 4 is 0 Å². The molecule has 3 atom stereocenters. The summed E-state index contributed by atoms with van der Waals surface area (Å²) >= 11 is 0. The molecule has 0 bridgehead atoms. The third-order valence-electron chi connectivity index (χ3n) is 2.30. The van der Waals surface area contributed by atoms with E-state index in [1.807, 2.05) is 0 Å². The smallest absolute Gasteiger partial charge is 0.163 e. The van der Waals surface area contributed by atoms with E-state index < -0.39 is 0 Å². The van der Waals surface area contributed by atoms with E-state index in [0.717, 1.165) is 0 Å². The average Bonchev–Trinajstić information content (AvgIpc) is 2.81. The highest BCUT2D eigenvalue weighted by Crippen LogP contribution is 2.11. The van der Waals surface area contributed by atoms with E-state index in [9.17, 15) is 0 Å². The first kappa shape index (κ1) is 10.4. The second-order valence-electron chi connectivity index (χ2n) is 3.16. The molecule has 84 valence electrons. The normalized spacial score (nSPS) is 31.7. The molecule has 15 heavy (non-hydrogen) atoms. The molecule has 0 saturated carbocycles. The van der Waals surface area contributed by atoms with Crippen molar-refractivity contribution < 1.29 is 9.47 Å². The summed E-state index contributed by atoms with van der Waals surface area (Å²) in [6.07, 6.45) is 0.883. The summed E-state index contributed by atoms with van der Waals surface area (Å²) < 4.78 is 10.4. The number of aromatic nitrogens is 4. The van der Waals surface area contributed by atoms with Crippen molar-refractivity contribution in [2.75, 3.05) is 20.8 Å². The third-order valence-corrected chi connectivity index (χ3v) is 2.30. The molecule has 0 spiro atoms. The molecule has 0 amide bonds. The van der Waals surface area contributed by atoms with Crippen LogP contribution in [0, 0.1) is 0 Å². The van der Waals surface area contributed by atoms with E-state index in [4.69, 9.17) is 9.47 Å². The summed E-state index contributed by atoms with van der Waals surface area (Å²) in [7, 11) is 3.25. The molecule has 2 heterocycles. The van der Waals surface area contributed by atoms with Crippen molar-refractivity contribution in [3.63, 3.8) is 0 Å². The van der Waals surface area contributed by atoms with Gasteiger partial charge in [-0.25, -0.2) is 0 Å². The number of ether oxygens (including phenoxy) is 2. The molecular formula is C7H14N6O2. The molecule has 2 N–H and O–H groups in total. The van der Waals surface area contributed by atoms with Crippen molar-refractivity contribution in [3.8, 4) is 0 Å². The van der Waals surface area contributed by atoms with Gasteiger partial charge in [-0.15, -0.1) is 15.0 Å². The van der Waals surface area contributed by atoms with Gasteiger partial charge in [-0.2, -0.15) is 0 Å². The Labute approximate surface area is 86.9 Å². The average molecular weight is 214 g/mol. The van der Waals surface area contributed by atoms with Gasteiger partial charge in [-0.1, -0.05) is 0 Å². The number of tetrazole rings is 1. The molecule has 1 aromatic heterocycles. The van der Waals surface area contributed by atoms with Crippen molar-refractivity contribution in [3.05, 3.63) is 6.33 Å². The minimum Gasteiger partial charge on any atom is -0.365 e. The van der Waals surface area contributed by atoms with Crippen molar-refractivity contribution in [2.45, 2.75) is 18.6 Å². The van der Waals surface area contributed by atoms with Crippen LogP contribution in [0.1, 0.15) is 6.17 Å². The lowest BCUT2D eigenvalue weighted by atomic mass is 10.3. The van der Waals surface area contributed by atoms with Gasteiger partial charge in [0.05, 0.1) is 0 Å². The Bertz CT molecular complexity index is 292. The first-order valence-electron chi connectivity index (χ1n) is 4.62. The van der Waals surface area contributed by atoms with Crippen LogP contribution in [-0.2, 0) is 9.47 Å². The SMILES string of the molecule is COC1CNC(n2ncnn2)C(OC)N1. The number of piperazine rings is 1. The molecule has 0 aliphatic carbocycles. The fraction of sp³-hybridized carbons (Fsp3) is 0.857. The maximum atomic E-state index is 5.28. The van der Waals surface area contributed by atoms with Crippen molar-refractivity contribution in [2.24, 2.45) is 0 Å². The largest absolute Gasteiger partial charge is 0.365 e. The highest BCUT2D eigenvalue weighted by molar-refractivity contribution is 4.78. The summed E-state index contributed by atoms with van der Waals surface area (Å²) in [6.45, 7) is 0.655. The van der Waals surface area contributed by atoms with Gasteiger partial charge >= 0.3 is 0 Å². The summed E-state index contributed by atoms with van der Waals surface area (Å²) in [5.41, 5.74) is 0. The maximum Gasteiger partial charge on any atom is 0.163 e. The first-order valence-corrected chi connectivity index (χ1v) is 4.62. The summed E-state index contributed by atoms with van der Waals surface area (Å²) in [6, 6.07) is 0. The van der Waals surface area contributed by atoms with E-state index in [-0.39, 0.29) is 18.6 Å². The second-order valence-corrected chi connectivity index (χ2v) is 3.16. The minimum atomic E-state index is -0.252. The first-order chi connectivity index (χ1) is 7.35. The van der Waals surface area contributed by atoms with Crippen LogP contribution in [0.3, 0.4) is 0 Å². The number of hydrogen-bond donors (Lipinski definition) is 2. The lowest BCUT2D eigenvalue weighted by Crippen LogP contribution is -2.59. The number of methoxy groups -OCH3 is 2. The van der Waals surface area contributed by atoms with Crippen LogP contribution < -0.4 is 10.6 Å². The molecule has 8 heteroatoms. The second kappa shape index (κ2) is 4.62. The van der Waals surface area contributed by atoms with Crippen LogP contribution in [-0.4, -0.2) is 53.4 Å². The fourth-order valence-electron chi connectivity index (χ4n) is 1.52. The molecule has 0 aromatic carbocycles. The zero-order chi connectivity index (χ0) is 10.7. The number of hydrogen-bond acceptors (Lipinski definition) is 7. The maximum absolute atomic E-state index is 5.28. The Balaban J connectivity index is 2.06. The minimum absolute atomic E-state index is 0.0743. The van der Waals surface area contributed by atoms with E-state index in [0.29, 0.717) is 6.54 Å². The van der Waals surface area contributed by atoms with Gasteiger partial charge in [0.25, 0.3) is 0 Å². The standard InChI is InChI=1S/C7H14N6O2/c1-14-5-3-8-6(7(11-5)15-2)13-10-4-9-12-13/h4-8,11H,3H2,1-2H3. The van der Waals surface area contributed by atoms with Crippen LogP contribution in [0.15, 0.2) is 6.33 Å². The molecule has 1 saturated heterocycles. The van der Waals surface area contributed by atoms with Crippen LogP contribution in [0.2, 0.25) is 0 Å². The predicted octanol–water partition coefficient (Wildman–Crippen LogP) is -1.69. The van der Waals surface area contributed by atoms with Crippen molar-refractivity contribution in [1.82, 2.24) is 30.8 Å². The molecule has 0 radical (unpaired) electrons. The van der Waals surface area contributed by atoms with Gasteiger partial charge < -0.3 is 9.47 Å². The zero-order valence-corrected chi connectivity index (χ0v) is 8.62. The molecule has 1 aliphatic rings. The zero-order valence-electron chi connectivity index (χ0n) is 8.62. The summed E-state index contributed by atoms with van der Waals surface area (Å²) in [5.74, 6) is 0. The number of nitrogens with one attached hydrogen (secondary N) is 2. The molecule has 8 nitrogen and oxygen atoms in total. The predicted molar refractivity (Wildman–Crippen MR) is 49.6 cm³/mol. The Hall–Kier alpha value is -1.09. The summed E-state index contributed by atoms with van der Waals surface area (Å²) in [5, 5.41) is 17.8. The highest BCUT2D eigenvalue weighted by Gasteiger charge is 2.31. The van der Waals surface area contributed by atoms with Crippen LogP contribution in [0.5, 0.6) is 0 Å². The number of nitrogens with zero attached hydrogens (tertiary/aromatic N) is 4. The lowest BCUT2D eigenvalue weighted by molar-refractivity contribution is -0.0757. The van der Waals surface area contributed by atoms with Crippen LogP contribution in [0.25, 0.3) is 0 Å². The topological polar surface area (TPSA) is 86.1 Å². The Morgan fingerprint density at radius 3 is 2.87 bits per heavy atom. The Morgan fingerprint density at radius 1 is 1.40 bits per heavy atom. The molecule has 1 aromatic rings. The molecule has 3 unspecified atom stereocenters. The number of rotatable bonds is 3. The van der Waals surface area contributed by atoms with Crippen molar-refractivity contribution in [1.29, 1.82) is 0 Å². The van der Waals surface area contributed by atoms with Crippen LogP contribution >= 0.6 is 0 Å². The van der Waals surface area contributed by atoms with Gasteiger partial charge in [0, 0.05) is 20.8 Å². The molecule has 1 aliphatic heterocycles. The van der Waals surface area contributed by atoms with Crippen LogP contribution in [0.4, 0.5) is 0 Å². The van der Waals surface area contributed by atoms with E-state index in [1.54, 1.807) is 14.2 Å².